The van der Waals surface area contributed by atoms with Crippen molar-refractivity contribution >= 4 is 11.6 Å². The fourth-order valence-corrected chi connectivity index (χ4v) is 2.83. The van der Waals surface area contributed by atoms with E-state index in [2.05, 4.69) is 6.92 Å². The van der Waals surface area contributed by atoms with Crippen LogP contribution >= 0.6 is 11.6 Å². The van der Waals surface area contributed by atoms with Gasteiger partial charge in [-0.25, -0.2) is 0 Å². The molecule has 3 N–H and O–H groups in total. The van der Waals surface area contributed by atoms with E-state index in [0.29, 0.717) is 0 Å². The number of hydrogen-bond acceptors (Lipinski definition) is 1. The zero-order chi connectivity index (χ0) is 14.0. The summed E-state index contributed by atoms with van der Waals surface area (Å²) in [5.74, 6) is 0.846. The summed E-state index contributed by atoms with van der Waals surface area (Å²) in [6.45, 7) is 2.29. The van der Waals surface area contributed by atoms with E-state index in [1.165, 1.54) is 103 Å². The van der Waals surface area contributed by atoms with Crippen molar-refractivity contribution in [2.24, 2.45) is 0 Å². The maximum Gasteiger partial charge on any atom is 1.00 e. The molecule has 0 unspecified atom stereocenters. The molecular formula is C18H41ClN+. The van der Waals surface area contributed by atoms with Gasteiger partial charge in [-0.1, -0.05) is 103 Å². The third-order valence-corrected chi connectivity index (χ3v) is 4.25. The number of hydrogen-bond donors (Lipinski definition) is 1. The molecule has 0 aromatic rings. The zero-order valence-electron chi connectivity index (χ0n) is 15.1. The molecule has 2 heteroatoms. The molecule has 0 aromatic heterocycles. The van der Waals surface area contributed by atoms with Gasteiger partial charge >= 0.3 is 1.43 Å². The molecule has 0 amide bonds. The van der Waals surface area contributed by atoms with Crippen LogP contribution in [0.25, 0.3) is 0 Å². The van der Waals surface area contributed by atoms with Crippen LogP contribution in [0.3, 0.4) is 0 Å². The van der Waals surface area contributed by atoms with E-state index in [-0.39, 0.29) is 7.58 Å². The first-order valence-corrected chi connectivity index (χ1v) is 9.51. The van der Waals surface area contributed by atoms with E-state index >= 15 is 0 Å². The van der Waals surface area contributed by atoms with Gasteiger partial charge in [-0.3, -0.25) is 0 Å². The predicted octanol–water partition coefficient (Wildman–Crippen LogP) is 7.76. The number of rotatable bonds is 16. The summed E-state index contributed by atoms with van der Waals surface area (Å²) >= 11 is 5.66. The van der Waals surface area contributed by atoms with Crippen molar-refractivity contribution in [2.75, 3.05) is 5.88 Å². The van der Waals surface area contributed by atoms with E-state index in [0.717, 1.165) is 5.88 Å². The van der Waals surface area contributed by atoms with Crippen LogP contribution in [-0.4, -0.2) is 5.88 Å². The smallest absolute Gasteiger partial charge is 0.344 e. The van der Waals surface area contributed by atoms with Gasteiger partial charge in [0.1, 0.15) is 0 Å². The molecule has 0 bridgehead atoms. The zero-order valence-corrected chi connectivity index (χ0v) is 14.9. The average Bonchev–Trinajstić information content (AvgIpc) is 2.43. The Balaban J connectivity index is -0.00000162. The van der Waals surface area contributed by atoms with E-state index in [4.69, 9.17) is 11.6 Å². The molecule has 0 aromatic carbocycles. The second kappa shape index (κ2) is 21.5. The lowest BCUT2D eigenvalue weighted by Gasteiger charge is -2.03. The van der Waals surface area contributed by atoms with Gasteiger partial charge in [0, 0.05) is 5.88 Å². The molecule has 0 aliphatic carbocycles. The Morgan fingerprint density at radius 3 is 1.00 bits per heavy atom. The molecule has 1 nitrogen and oxygen atoms in total. The van der Waals surface area contributed by atoms with Gasteiger partial charge in [0.2, 0.25) is 0 Å². The quantitative estimate of drug-likeness (QED) is 0.229. The van der Waals surface area contributed by atoms with Crippen LogP contribution in [0.15, 0.2) is 0 Å². The van der Waals surface area contributed by atoms with Gasteiger partial charge < -0.3 is 6.15 Å². The van der Waals surface area contributed by atoms with Crippen molar-refractivity contribution in [2.45, 2.75) is 110 Å². The SMILES string of the molecule is CCCCCCCCCCCCCCCCCCCl.N.[H+]. The van der Waals surface area contributed by atoms with Gasteiger partial charge in [-0.2, -0.15) is 0 Å². The second-order valence-corrected chi connectivity index (χ2v) is 6.37. The number of alkyl halides is 1. The van der Waals surface area contributed by atoms with Crippen LogP contribution in [0.5, 0.6) is 0 Å². The van der Waals surface area contributed by atoms with E-state index in [9.17, 15) is 0 Å². The Labute approximate surface area is 135 Å². The molecule has 0 fully saturated rings. The van der Waals surface area contributed by atoms with Crippen molar-refractivity contribution in [3.8, 4) is 0 Å². The van der Waals surface area contributed by atoms with Gasteiger partial charge in [-0.15, -0.1) is 11.6 Å². The van der Waals surface area contributed by atoms with Crippen LogP contribution < -0.4 is 6.15 Å². The average molecular weight is 307 g/mol. The van der Waals surface area contributed by atoms with Crippen molar-refractivity contribution in [1.29, 1.82) is 0 Å². The molecule has 124 valence electrons. The largest absolute Gasteiger partial charge is 1.00 e. The predicted molar refractivity (Wildman–Crippen MR) is 96.4 cm³/mol. The molecule has 20 heavy (non-hydrogen) atoms. The van der Waals surface area contributed by atoms with Crippen LogP contribution in [-0.2, 0) is 0 Å². The first-order chi connectivity index (χ1) is 9.41. The molecule has 0 atom stereocenters. The standard InChI is InChI=1S/C18H37Cl.H3N/c1-2-3-4-5-6-7-8-9-10-11-12-13-14-15-16-17-18-19;/h2-18H2,1H3;1H3/p+1. The third kappa shape index (κ3) is 20.6. The van der Waals surface area contributed by atoms with E-state index in [1.54, 1.807) is 0 Å². The Morgan fingerprint density at radius 1 is 0.500 bits per heavy atom. The maximum absolute atomic E-state index is 5.66. The first kappa shape index (κ1) is 22.5. The van der Waals surface area contributed by atoms with Crippen molar-refractivity contribution in [3.05, 3.63) is 0 Å². The Kier molecular flexibility index (Phi) is 24.3. The van der Waals surface area contributed by atoms with Crippen LogP contribution in [0.1, 0.15) is 111 Å². The first-order valence-electron chi connectivity index (χ1n) is 8.97. The maximum atomic E-state index is 5.66. The highest BCUT2D eigenvalue weighted by Crippen LogP contribution is 2.13. The minimum absolute atomic E-state index is 0. The summed E-state index contributed by atoms with van der Waals surface area (Å²) in [5, 5.41) is 0. The molecular weight excluding hydrogens is 266 g/mol. The summed E-state index contributed by atoms with van der Waals surface area (Å²) in [6.07, 6.45) is 22.8. The monoisotopic (exact) mass is 306 g/mol. The highest BCUT2D eigenvalue weighted by molar-refractivity contribution is 6.17. The summed E-state index contributed by atoms with van der Waals surface area (Å²) in [7, 11) is 0. The van der Waals surface area contributed by atoms with Crippen molar-refractivity contribution in [1.82, 2.24) is 6.15 Å². The van der Waals surface area contributed by atoms with Crippen LogP contribution in [0.2, 0.25) is 0 Å². The molecule has 0 heterocycles. The molecule has 0 aliphatic heterocycles. The van der Waals surface area contributed by atoms with Crippen LogP contribution in [0.4, 0.5) is 0 Å². The van der Waals surface area contributed by atoms with Gasteiger partial charge in [-0.05, 0) is 6.42 Å². The van der Waals surface area contributed by atoms with E-state index in [1.807, 2.05) is 0 Å². The third-order valence-electron chi connectivity index (χ3n) is 3.99. The Hall–Kier alpha value is 0.250. The summed E-state index contributed by atoms with van der Waals surface area (Å²) in [4.78, 5) is 0. The normalized spacial score (nSPS) is 10.5. The number of halogens is 1. The Bertz CT molecular complexity index is 140. The van der Waals surface area contributed by atoms with Crippen molar-refractivity contribution in [3.63, 3.8) is 0 Å². The summed E-state index contributed by atoms with van der Waals surface area (Å²) < 4.78 is 0. The Morgan fingerprint density at radius 2 is 0.750 bits per heavy atom. The molecule has 0 spiro atoms. The fourth-order valence-electron chi connectivity index (χ4n) is 2.64. The molecule has 0 rings (SSSR count). The molecule has 0 saturated carbocycles. The minimum Gasteiger partial charge on any atom is -0.344 e. The lowest BCUT2D eigenvalue weighted by Crippen LogP contribution is -1.83. The molecule has 0 saturated heterocycles. The fraction of sp³-hybridized carbons (Fsp3) is 1.00. The number of unbranched alkanes of at least 4 members (excludes halogenated alkanes) is 15. The van der Waals surface area contributed by atoms with E-state index < -0.39 is 0 Å². The lowest BCUT2D eigenvalue weighted by atomic mass is 10.0. The van der Waals surface area contributed by atoms with Crippen LogP contribution in [0, 0.1) is 0 Å². The summed E-state index contributed by atoms with van der Waals surface area (Å²) in [6, 6.07) is 0. The van der Waals surface area contributed by atoms with Crippen molar-refractivity contribution < 1.29 is 1.43 Å². The molecule has 0 radical (unpaired) electrons. The molecule has 0 aliphatic rings. The van der Waals surface area contributed by atoms with Gasteiger partial charge in [0.15, 0.2) is 0 Å². The minimum atomic E-state index is 0. The lowest BCUT2D eigenvalue weighted by molar-refractivity contribution is 0.531. The topological polar surface area (TPSA) is 35.0 Å². The second-order valence-electron chi connectivity index (χ2n) is 5.99. The van der Waals surface area contributed by atoms with Gasteiger partial charge in [0.05, 0.1) is 0 Å². The summed E-state index contributed by atoms with van der Waals surface area (Å²) in [5.41, 5.74) is 0. The van der Waals surface area contributed by atoms with Gasteiger partial charge in [0.25, 0.3) is 0 Å². The highest BCUT2D eigenvalue weighted by Gasteiger charge is 1.94. The highest BCUT2D eigenvalue weighted by atomic mass is 35.5.